The Morgan fingerprint density at radius 3 is 2.19 bits per heavy atom. The fourth-order valence-electron chi connectivity index (χ4n) is 3.66. The van der Waals surface area contributed by atoms with Crippen LogP contribution in [0.4, 0.5) is 5.69 Å². The van der Waals surface area contributed by atoms with Gasteiger partial charge in [-0.25, -0.2) is 0 Å². The van der Waals surface area contributed by atoms with Gasteiger partial charge in [0.2, 0.25) is 5.91 Å². The van der Waals surface area contributed by atoms with E-state index >= 15 is 0 Å². The number of hydrogen-bond donors (Lipinski definition) is 1. The summed E-state index contributed by atoms with van der Waals surface area (Å²) >= 11 is 1.42. The third kappa shape index (κ3) is 5.26. The third-order valence-electron chi connectivity index (χ3n) is 5.14. The van der Waals surface area contributed by atoms with Crippen LogP contribution in [-0.2, 0) is 11.3 Å². The van der Waals surface area contributed by atoms with E-state index in [2.05, 4.69) is 38.3 Å². The molecule has 1 N–H and O–H groups in total. The highest BCUT2D eigenvalue weighted by Gasteiger charge is 2.25. The van der Waals surface area contributed by atoms with Crippen LogP contribution in [-0.4, -0.2) is 20.7 Å². The summed E-state index contributed by atoms with van der Waals surface area (Å²) in [6.45, 7) is 6.65. The predicted octanol–water partition coefficient (Wildman–Crippen LogP) is 5.72. The molecule has 0 saturated carbocycles. The van der Waals surface area contributed by atoms with Gasteiger partial charge in [0.15, 0.2) is 5.16 Å². The number of amides is 1. The summed E-state index contributed by atoms with van der Waals surface area (Å²) in [6.07, 6.45) is 0. The molecule has 162 valence electrons. The van der Waals surface area contributed by atoms with Crippen molar-refractivity contribution in [3.8, 4) is 0 Å². The summed E-state index contributed by atoms with van der Waals surface area (Å²) in [7, 11) is 0. The maximum absolute atomic E-state index is 13.4. The number of rotatable bonds is 7. The van der Waals surface area contributed by atoms with Crippen molar-refractivity contribution in [1.29, 1.82) is 0 Å². The van der Waals surface area contributed by atoms with E-state index in [1.54, 1.807) is 0 Å². The van der Waals surface area contributed by atoms with Gasteiger partial charge in [-0.2, -0.15) is 0 Å². The number of carbonyl (C=O) groups excluding carboxylic acids is 1. The lowest BCUT2D eigenvalue weighted by Crippen LogP contribution is -2.20. The van der Waals surface area contributed by atoms with E-state index in [1.807, 2.05) is 81.4 Å². The molecule has 0 fully saturated rings. The van der Waals surface area contributed by atoms with Gasteiger partial charge in [0, 0.05) is 5.69 Å². The van der Waals surface area contributed by atoms with Crippen LogP contribution in [0.3, 0.4) is 0 Å². The molecule has 0 unspecified atom stereocenters. The predicted molar refractivity (Wildman–Crippen MR) is 130 cm³/mol. The van der Waals surface area contributed by atoms with E-state index in [4.69, 9.17) is 0 Å². The standard InChI is InChI=1S/C26H26N4OS/c1-18-14-19(2)16-23(15-18)27-25(31)24(22-12-8-5-9-13-22)32-26-29-28-20(3)30(26)17-21-10-6-4-7-11-21/h4-16,24H,17H2,1-3H3,(H,27,31)/t24-/m0/s1. The maximum Gasteiger partial charge on any atom is 0.242 e. The topological polar surface area (TPSA) is 59.8 Å². The Bertz CT molecular complexity index is 1180. The first-order valence-corrected chi connectivity index (χ1v) is 11.4. The summed E-state index contributed by atoms with van der Waals surface area (Å²) in [5.41, 5.74) is 5.11. The minimum absolute atomic E-state index is 0.0851. The zero-order chi connectivity index (χ0) is 22.5. The molecule has 3 aromatic carbocycles. The van der Waals surface area contributed by atoms with E-state index in [0.717, 1.165) is 38.9 Å². The van der Waals surface area contributed by atoms with Crippen LogP contribution in [0.2, 0.25) is 0 Å². The third-order valence-corrected chi connectivity index (χ3v) is 6.37. The molecule has 0 radical (unpaired) electrons. The summed E-state index contributed by atoms with van der Waals surface area (Å²) in [5, 5.41) is 12.0. The van der Waals surface area contributed by atoms with Crippen molar-refractivity contribution in [1.82, 2.24) is 14.8 Å². The number of aryl methyl sites for hydroxylation is 3. The number of thioether (sulfide) groups is 1. The molecule has 1 heterocycles. The highest BCUT2D eigenvalue weighted by Crippen LogP contribution is 2.36. The minimum Gasteiger partial charge on any atom is -0.325 e. The second-order valence-corrected chi connectivity index (χ2v) is 8.95. The second-order valence-electron chi connectivity index (χ2n) is 7.88. The number of benzene rings is 3. The van der Waals surface area contributed by atoms with Gasteiger partial charge in [-0.1, -0.05) is 78.5 Å². The van der Waals surface area contributed by atoms with E-state index in [-0.39, 0.29) is 5.91 Å². The monoisotopic (exact) mass is 442 g/mol. The van der Waals surface area contributed by atoms with Crippen molar-refractivity contribution in [2.24, 2.45) is 0 Å². The number of nitrogens with zero attached hydrogens (tertiary/aromatic N) is 3. The molecule has 4 rings (SSSR count). The fourth-order valence-corrected chi connectivity index (χ4v) is 4.74. The SMILES string of the molecule is Cc1cc(C)cc(NC(=O)[C@@H](Sc2nnc(C)n2Cc2ccccc2)c2ccccc2)c1. The molecule has 6 heteroatoms. The molecular formula is C26H26N4OS. The van der Waals surface area contributed by atoms with E-state index in [0.29, 0.717) is 6.54 Å². The molecule has 1 amide bonds. The Morgan fingerprint density at radius 1 is 0.906 bits per heavy atom. The average Bonchev–Trinajstić information content (AvgIpc) is 3.11. The summed E-state index contributed by atoms with van der Waals surface area (Å²) in [6, 6.07) is 26.1. The lowest BCUT2D eigenvalue weighted by molar-refractivity contribution is -0.115. The molecule has 0 aliphatic carbocycles. The Kier molecular flexibility index (Phi) is 6.71. The van der Waals surface area contributed by atoms with Gasteiger partial charge in [0.05, 0.1) is 6.54 Å². The largest absolute Gasteiger partial charge is 0.325 e. The fraction of sp³-hybridized carbons (Fsp3) is 0.192. The van der Waals surface area contributed by atoms with Gasteiger partial charge < -0.3 is 9.88 Å². The first kappa shape index (κ1) is 21.8. The van der Waals surface area contributed by atoms with E-state index in [9.17, 15) is 4.79 Å². The number of hydrogen-bond acceptors (Lipinski definition) is 4. The average molecular weight is 443 g/mol. The van der Waals surface area contributed by atoms with Crippen LogP contribution in [0, 0.1) is 20.8 Å². The molecule has 0 spiro atoms. The van der Waals surface area contributed by atoms with Gasteiger partial charge in [0.1, 0.15) is 11.1 Å². The smallest absolute Gasteiger partial charge is 0.242 e. The molecule has 0 saturated heterocycles. The van der Waals surface area contributed by atoms with Crippen LogP contribution < -0.4 is 5.32 Å². The molecule has 32 heavy (non-hydrogen) atoms. The molecule has 5 nitrogen and oxygen atoms in total. The molecule has 4 aromatic rings. The first-order chi connectivity index (χ1) is 15.5. The van der Waals surface area contributed by atoms with Crippen molar-refractivity contribution in [3.05, 3.63) is 107 Å². The Hall–Kier alpha value is -3.38. The quantitative estimate of drug-likeness (QED) is 0.372. The number of aromatic nitrogens is 3. The van der Waals surface area contributed by atoms with E-state index in [1.165, 1.54) is 11.8 Å². The van der Waals surface area contributed by atoms with Crippen molar-refractivity contribution in [3.63, 3.8) is 0 Å². The van der Waals surface area contributed by atoms with Gasteiger partial charge in [-0.3, -0.25) is 4.79 Å². The first-order valence-electron chi connectivity index (χ1n) is 10.5. The zero-order valence-electron chi connectivity index (χ0n) is 18.4. The van der Waals surface area contributed by atoms with Crippen molar-refractivity contribution >= 4 is 23.4 Å². The number of carbonyl (C=O) groups is 1. The van der Waals surface area contributed by atoms with Crippen LogP contribution in [0.25, 0.3) is 0 Å². The van der Waals surface area contributed by atoms with Gasteiger partial charge >= 0.3 is 0 Å². The second kappa shape index (κ2) is 9.83. The zero-order valence-corrected chi connectivity index (χ0v) is 19.3. The molecule has 1 atom stereocenters. The summed E-state index contributed by atoms with van der Waals surface area (Å²) in [4.78, 5) is 13.4. The Morgan fingerprint density at radius 2 is 1.53 bits per heavy atom. The van der Waals surface area contributed by atoms with Crippen LogP contribution in [0.5, 0.6) is 0 Å². The van der Waals surface area contributed by atoms with Gasteiger partial charge in [-0.15, -0.1) is 10.2 Å². The van der Waals surface area contributed by atoms with Crippen molar-refractivity contribution in [2.45, 2.75) is 37.7 Å². The molecule has 0 aliphatic rings. The number of anilines is 1. The van der Waals surface area contributed by atoms with Crippen molar-refractivity contribution in [2.75, 3.05) is 5.32 Å². The van der Waals surface area contributed by atoms with Crippen molar-refractivity contribution < 1.29 is 4.79 Å². The summed E-state index contributed by atoms with van der Waals surface area (Å²) < 4.78 is 2.06. The highest BCUT2D eigenvalue weighted by atomic mass is 32.2. The highest BCUT2D eigenvalue weighted by molar-refractivity contribution is 8.00. The van der Waals surface area contributed by atoms with Crippen LogP contribution in [0.1, 0.15) is 33.3 Å². The lowest BCUT2D eigenvalue weighted by atomic mass is 10.1. The van der Waals surface area contributed by atoms with Gasteiger partial charge in [-0.05, 0) is 55.2 Å². The normalized spacial score (nSPS) is 11.8. The summed E-state index contributed by atoms with van der Waals surface area (Å²) in [5.74, 6) is 0.732. The van der Waals surface area contributed by atoms with Gasteiger partial charge in [0.25, 0.3) is 0 Å². The minimum atomic E-state index is -0.463. The molecule has 1 aromatic heterocycles. The van der Waals surface area contributed by atoms with E-state index < -0.39 is 5.25 Å². The molecule has 0 bridgehead atoms. The Balaban J connectivity index is 1.63. The molecule has 0 aliphatic heterocycles. The maximum atomic E-state index is 13.4. The van der Waals surface area contributed by atoms with Crippen LogP contribution >= 0.6 is 11.8 Å². The molecular weight excluding hydrogens is 416 g/mol. The lowest BCUT2D eigenvalue weighted by Gasteiger charge is -2.18. The van der Waals surface area contributed by atoms with Crippen LogP contribution in [0.15, 0.2) is 84.0 Å². The Labute approximate surface area is 192 Å². The number of nitrogens with one attached hydrogen (secondary N) is 1.